The molecule has 4 aromatic rings. The Morgan fingerprint density at radius 2 is 1.78 bits per heavy atom. The number of aromatic carboxylic acids is 1. The molecule has 5 rings (SSSR count). The molecular formula is C26H22N4O5S2. The van der Waals surface area contributed by atoms with Gasteiger partial charge in [-0.2, -0.15) is 0 Å². The summed E-state index contributed by atoms with van der Waals surface area (Å²) in [5, 5.41) is 13.4. The highest BCUT2D eigenvalue weighted by molar-refractivity contribution is 7.92. The van der Waals surface area contributed by atoms with Gasteiger partial charge in [0.25, 0.3) is 0 Å². The maximum Gasteiger partial charge on any atom is 0.336 e. The fourth-order valence-corrected chi connectivity index (χ4v) is 5.28. The molecule has 2 atom stereocenters. The summed E-state index contributed by atoms with van der Waals surface area (Å²) in [6.07, 6.45) is 2.78. The summed E-state index contributed by atoms with van der Waals surface area (Å²) in [5.41, 5.74) is 2.48. The van der Waals surface area contributed by atoms with Crippen LogP contribution in [0.15, 0.2) is 89.5 Å². The van der Waals surface area contributed by atoms with E-state index < -0.39 is 22.0 Å². The van der Waals surface area contributed by atoms with Gasteiger partial charge in [0.2, 0.25) is 10.0 Å². The first-order valence-electron chi connectivity index (χ1n) is 11.2. The number of nitrogens with zero attached hydrogens (tertiary/aromatic N) is 2. The Morgan fingerprint density at radius 1 is 1.05 bits per heavy atom. The Bertz CT molecular complexity index is 1570. The SMILES string of the molecule is CS(=O)(=O)Nc1ccc(N2C(=S)N[C@@H](c3ccccn3)[C@@H]2c2ccc(-c3ccccc3C(=O)O)o2)cc1. The third kappa shape index (κ3) is 5.04. The average Bonchev–Trinajstić information content (AvgIpc) is 3.49. The van der Waals surface area contributed by atoms with Gasteiger partial charge in [0.1, 0.15) is 17.6 Å². The van der Waals surface area contributed by atoms with E-state index >= 15 is 0 Å². The van der Waals surface area contributed by atoms with E-state index in [4.69, 9.17) is 16.6 Å². The Kier molecular flexibility index (Phi) is 6.40. The number of carboxylic acid groups (broad SMARTS) is 1. The van der Waals surface area contributed by atoms with Crippen molar-refractivity contribution in [3.8, 4) is 11.3 Å². The molecule has 1 aliphatic rings. The number of sulfonamides is 1. The van der Waals surface area contributed by atoms with Gasteiger partial charge in [0.15, 0.2) is 5.11 Å². The summed E-state index contributed by atoms with van der Waals surface area (Å²) < 4.78 is 31.9. The zero-order chi connectivity index (χ0) is 26.2. The fourth-order valence-electron chi connectivity index (χ4n) is 4.37. The van der Waals surface area contributed by atoms with Crippen molar-refractivity contribution in [3.63, 3.8) is 0 Å². The molecule has 2 aromatic carbocycles. The van der Waals surface area contributed by atoms with E-state index in [2.05, 4.69) is 15.0 Å². The number of benzene rings is 2. The van der Waals surface area contributed by atoms with Gasteiger partial charge < -0.3 is 19.7 Å². The number of aromatic nitrogens is 1. The number of rotatable bonds is 7. The average molecular weight is 535 g/mol. The highest BCUT2D eigenvalue weighted by Gasteiger charge is 2.42. The van der Waals surface area contributed by atoms with Gasteiger partial charge in [0.05, 0.1) is 23.6 Å². The lowest BCUT2D eigenvalue weighted by molar-refractivity contribution is 0.0697. The van der Waals surface area contributed by atoms with Crippen LogP contribution in [0.3, 0.4) is 0 Å². The van der Waals surface area contributed by atoms with Crippen molar-refractivity contribution in [2.45, 2.75) is 12.1 Å². The van der Waals surface area contributed by atoms with E-state index in [1.165, 1.54) is 6.07 Å². The van der Waals surface area contributed by atoms with E-state index in [1.807, 2.05) is 23.1 Å². The first-order chi connectivity index (χ1) is 17.7. The molecule has 188 valence electrons. The summed E-state index contributed by atoms with van der Waals surface area (Å²) >= 11 is 5.71. The number of carboxylic acids is 1. The van der Waals surface area contributed by atoms with Crippen molar-refractivity contribution >= 4 is 44.7 Å². The third-order valence-corrected chi connectivity index (χ3v) is 6.81. The van der Waals surface area contributed by atoms with E-state index in [-0.39, 0.29) is 11.6 Å². The van der Waals surface area contributed by atoms with Crippen LogP contribution < -0.4 is 14.9 Å². The van der Waals surface area contributed by atoms with Crippen LogP contribution in [0.5, 0.6) is 0 Å². The van der Waals surface area contributed by atoms with Crippen LogP contribution in [-0.2, 0) is 10.0 Å². The molecule has 0 bridgehead atoms. The van der Waals surface area contributed by atoms with Crippen LogP contribution in [0.1, 0.15) is 33.9 Å². The monoisotopic (exact) mass is 534 g/mol. The van der Waals surface area contributed by atoms with E-state index in [0.29, 0.717) is 33.6 Å². The first kappa shape index (κ1) is 24.5. The molecular weight excluding hydrogens is 512 g/mol. The summed E-state index contributed by atoms with van der Waals surface area (Å²) in [6.45, 7) is 0. The summed E-state index contributed by atoms with van der Waals surface area (Å²) in [7, 11) is -3.42. The van der Waals surface area contributed by atoms with Gasteiger partial charge in [-0.15, -0.1) is 0 Å². The Labute approximate surface area is 218 Å². The third-order valence-electron chi connectivity index (χ3n) is 5.89. The minimum atomic E-state index is -3.42. The molecule has 0 spiro atoms. The molecule has 0 unspecified atom stereocenters. The largest absolute Gasteiger partial charge is 0.478 e. The van der Waals surface area contributed by atoms with Crippen LogP contribution >= 0.6 is 12.2 Å². The highest BCUT2D eigenvalue weighted by atomic mass is 32.2. The molecule has 1 aliphatic heterocycles. The highest BCUT2D eigenvalue weighted by Crippen LogP contribution is 2.43. The van der Waals surface area contributed by atoms with E-state index in [1.54, 1.807) is 60.8 Å². The van der Waals surface area contributed by atoms with E-state index in [9.17, 15) is 18.3 Å². The standard InChI is InChI=1S/C26H22N4O5S2/c1-37(33,34)29-16-9-11-17(12-10-16)30-24(23(28-26(30)36)20-8-4-5-15-27-20)22-14-13-21(35-22)18-6-2-3-7-19(18)25(31)32/h2-15,23-24,29H,1H3,(H,28,36)(H,31,32)/t23-,24-/m0/s1. The van der Waals surface area contributed by atoms with Crippen LogP contribution in [0, 0.1) is 0 Å². The predicted octanol–water partition coefficient (Wildman–Crippen LogP) is 4.59. The number of nitrogens with one attached hydrogen (secondary N) is 2. The minimum absolute atomic E-state index is 0.135. The second-order valence-electron chi connectivity index (χ2n) is 8.47. The van der Waals surface area contributed by atoms with Crippen molar-refractivity contribution in [1.29, 1.82) is 0 Å². The second-order valence-corrected chi connectivity index (χ2v) is 10.6. The maximum atomic E-state index is 11.8. The van der Waals surface area contributed by atoms with Crippen LogP contribution in [0.25, 0.3) is 11.3 Å². The van der Waals surface area contributed by atoms with Crippen molar-refractivity contribution in [1.82, 2.24) is 10.3 Å². The number of hydrogen-bond acceptors (Lipinski definition) is 6. The smallest absolute Gasteiger partial charge is 0.336 e. The molecule has 0 saturated carbocycles. The zero-order valence-electron chi connectivity index (χ0n) is 19.5. The van der Waals surface area contributed by atoms with Gasteiger partial charge in [0, 0.05) is 23.1 Å². The fraction of sp³-hybridized carbons (Fsp3) is 0.115. The second kappa shape index (κ2) is 9.68. The first-order valence-corrected chi connectivity index (χ1v) is 13.5. The topological polar surface area (TPSA) is 125 Å². The molecule has 1 saturated heterocycles. The van der Waals surface area contributed by atoms with Gasteiger partial charge >= 0.3 is 5.97 Å². The summed E-state index contributed by atoms with van der Waals surface area (Å²) in [5.74, 6) is -0.0807. The molecule has 11 heteroatoms. The number of carbonyl (C=O) groups is 1. The molecule has 3 heterocycles. The summed E-state index contributed by atoms with van der Waals surface area (Å²) in [6, 6.07) is 21.8. The molecule has 2 aromatic heterocycles. The maximum absolute atomic E-state index is 11.8. The molecule has 0 radical (unpaired) electrons. The molecule has 0 aliphatic carbocycles. The lowest BCUT2D eigenvalue weighted by atomic mass is 10.0. The normalized spacial score (nSPS) is 17.4. The van der Waals surface area contributed by atoms with Gasteiger partial charge in [-0.3, -0.25) is 9.71 Å². The Hall–Kier alpha value is -4.22. The molecule has 1 fully saturated rings. The summed E-state index contributed by atoms with van der Waals surface area (Å²) in [4.78, 5) is 18.2. The minimum Gasteiger partial charge on any atom is -0.478 e. The lowest BCUT2D eigenvalue weighted by Gasteiger charge is -2.26. The lowest BCUT2D eigenvalue weighted by Crippen LogP contribution is -2.29. The number of pyridine rings is 1. The van der Waals surface area contributed by atoms with Crippen molar-refractivity contribution in [2.75, 3.05) is 15.9 Å². The van der Waals surface area contributed by atoms with Crippen molar-refractivity contribution in [2.24, 2.45) is 0 Å². The Balaban J connectivity index is 1.57. The van der Waals surface area contributed by atoms with Gasteiger partial charge in [-0.05, 0) is 66.8 Å². The van der Waals surface area contributed by atoms with Gasteiger partial charge in [-0.25, -0.2) is 13.2 Å². The van der Waals surface area contributed by atoms with Crippen LogP contribution in [0.2, 0.25) is 0 Å². The number of hydrogen-bond donors (Lipinski definition) is 3. The molecule has 3 N–H and O–H groups in total. The quantitative estimate of drug-likeness (QED) is 0.292. The van der Waals surface area contributed by atoms with E-state index in [0.717, 1.165) is 11.9 Å². The van der Waals surface area contributed by atoms with Crippen molar-refractivity contribution in [3.05, 3.63) is 102 Å². The molecule has 0 amide bonds. The number of furan rings is 1. The zero-order valence-corrected chi connectivity index (χ0v) is 21.2. The number of anilines is 2. The number of thiocarbonyl (C=S) groups is 1. The Morgan fingerprint density at radius 3 is 2.46 bits per heavy atom. The molecule has 37 heavy (non-hydrogen) atoms. The predicted molar refractivity (Wildman–Crippen MR) is 144 cm³/mol. The molecule has 9 nitrogen and oxygen atoms in total. The van der Waals surface area contributed by atoms with Gasteiger partial charge in [-0.1, -0.05) is 24.3 Å². The van der Waals surface area contributed by atoms with Crippen LogP contribution in [-0.4, -0.2) is 35.8 Å². The van der Waals surface area contributed by atoms with Crippen LogP contribution in [0.4, 0.5) is 11.4 Å². The van der Waals surface area contributed by atoms with Crippen molar-refractivity contribution < 1.29 is 22.7 Å².